The van der Waals surface area contributed by atoms with Gasteiger partial charge in [0.25, 0.3) is 0 Å². The third kappa shape index (κ3) is 7.34. The number of benzene rings is 2. The van der Waals surface area contributed by atoms with Gasteiger partial charge in [-0.15, -0.1) is 0 Å². The molecule has 2 aromatic rings. The number of hydrogen-bond acceptors (Lipinski definition) is 6. The summed E-state index contributed by atoms with van der Waals surface area (Å²) in [5.41, 5.74) is 0.988. The molecule has 2 aromatic carbocycles. The van der Waals surface area contributed by atoms with E-state index >= 15 is 0 Å². The Labute approximate surface area is 172 Å². The largest absolute Gasteiger partial charge is 0.497 e. The topological polar surface area (TPSA) is 111 Å². The first-order valence-electron chi connectivity index (χ1n) is 8.58. The predicted molar refractivity (Wildman–Crippen MR) is 104 cm³/mol. The fraction of sp³-hybridized carbons (Fsp3) is 0.250. The Hall–Kier alpha value is -3.26. The van der Waals surface area contributed by atoms with Crippen LogP contribution < -0.4 is 10.1 Å². The van der Waals surface area contributed by atoms with Gasteiger partial charge in [0.15, 0.2) is 0 Å². The molecule has 0 fully saturated rings. The lowest BCUT2D eigenvalue weighted by Gasteiger charge is -2.16. The summed E-state index contributed by atoms with van der Waals surface area (Å²) in [6.07, 6.45) is -1.02. The summed E-state index contributed by atoms with van der Waals surface area (Å²) < 4.78 is 14.7. The SMILES string of the molecule is COc1ccc(C(=O)OCOC(=O)NC[C@H](CC(=O)O)c2ccc(Cl)cc2)cc1. The summed E-state index contributed by atoms with van der Waals surface area (Å²) in [7, 11) is 1.51. The lowest BCUT2D eigenvalue weighted by Crippen LogP contribution is -2.30. The van der Waals surface area contributed by atoms with Crippen LogP contribution >= 0.6 is 11.6 Å². The maximum atomic E-state index is 11.9. The Balaban J connectivity index is 1.79. The monoisotopic (exact) mass is 421 g/mol. The molecule has 154 valence electrons. The number of amides is 1. The van der Waals surface area contributed by atoms with Crippen molar-refractivity contribution >= 4 is 29.6 Å². The average molecular weight is 422 g/mol. The first kappa shape index (κ1) is 22.0. The van der Waals surface area contributed by atoms with Crippen molar-refractivity contribution in [3.05, 3.63) is 64.7 Å². The van der Waals surface area contributed by atoms with E-state index in [0.29, 0.717) is 16.3 Å². The first-order chi connectivity index (χ1) is 13.9. The highest BCUT2D eigenvalue weighted by Crippen LogP contribution is 2.21. The van der Waals surface area contributed by atoms with E-state index in [9.17, 15) is 14.4 Å². The minimum atomic E-state index is -1.01. The third-order valence-corrected chi connectivity index (χ3v) is 4.21. The zero-order chi connectivity index (χ0) is 21.2. The van der Waals surface area contributed by atoms with Gasteiger partial charge < -0.3 is 24.6 Å². The van der Waals surface area contributed by atoms with Crippen molar-refractivity contribution in [3.63, 3.8) is 0 Å². The van der Waals surface area contributed by atoms with Crippen molar-refractivity contribution in [2.24, 2.45) is 0 Å². The van der Waals surface area contributed by atoms with Crippen LogP contribution in [0.25, 0.3) is 0 Å². The molecule has 29 heavy (non-hydrogen) atoms. The summed E-state index contributed by atoms with van der Waals surface area (Å²) >= 11 is 5.84. The highest BCUT2D eigenvalue weighted by atomic mass is 35.5. The van der Waals surface area contributed by atoms with E-state index in [1.165, 1.54) is 19.2 Å². The molecule has 0 aliphatic heterocycles. The Morgan fingerprint density at radius 1 is 1.03 bits per heavy atom. The van der Waals surface area contributed by atoms with Gasteiger partial charge in [-0.3, -0.25) is 4.79 Å². The van der Waals surface area contributed by atoms with Gasteiger partial charge in [0.05, 0.1) is 19.1 Å². The quantitative estimate of drug-likeness (QED) is 0.471. The second kappa shape index (κ2) is 10.9. The molecule has 8 nitrogen and oxygen atoms in total. The number of nitrogens with one attached hydrogen (secondary N) is 1. The van der Waals surface area contributed by atoms with Crippen molar-refractivity contribution in [2.45, 2.75) is 12.3 Å². The summed E-state index contributed by atoms with van der Waals surface area (Å²) in [6.45, 7) is -0.555. The van der Waals surface area contributed by atoms with E-state index in [0.717, 1.165) is 0 Å². The lowest BCUT2D eigenvalue weighted by atomic mass is 9.96. The van der Waals surface area contributed by atoms with Crippen LogP contribution in [0.15, 0.2) is 48.5 Å². The van der Waals surface area contributed by atoms with Crippen LogP contribution in [0.2, 0.25) is 5.02 Å². The highest BCUT2D eigenvalue weighted by Gasteiger charge is 2.17. The molecule has 0 bridgehead atoms. The van der Waals surface area contributed by atoms with Crippen LogP contribution in [-0.4, -0.2) is 43.6 Å². The average Bonchev–Trinajstić information content (AvgIpc) is 2.71. The van der Waals surface area contributed by atoms with E-state index < -0.39 is 30.7 Å². The zero-order valence-electron chi connectivity index (χ0n) is 15.6. The number of carbonyl (C=O) groups excluding carboxylic acids is 2. The van der Waals surface area contributed by atoms with Crippen molar-refractivity contribution in [2.75, 3.05) is 20.4 Å². The fourth-order valence-electron chi connectivity index (χ4n) is 2.46. The van der Waals surface area contributed by atoms with Gasteiger partial charge in [-0.1, -0.05) is 23.7 Å². The van der Waals surface area contributed by atoms with Gasteiger partial charge in [-0.25, -0.2) is 9.59 Å². The summed E-state index contributed by atoms with van der Waals surface area (Å²) in [5.74, 6) is -1.55. The Morgan fingerprint density at radius 3 is 2.28 bits per heavy atom. The molecule has 0 heterocycles. The second-order valence-corrected chi connectivity index (χ2v) is 6.37. The fourth-order valence-corrected chi connectivity index (χ4v) is 2.58. The second-order valence-electron chi connectivity index (χ2n) is 5.94. The molecule has 0 saturated carbocycles. The smallest absolute Gasteiger partial charge is 0.410 e. The van der Waals surface area contributed by atoms with E-state index in [-0.39, 0.29) is 18.5 Å². The summed E-state index contributed by atoms with van der Waals surface area (Å²) in [6, 6.07) is 12.9. The molecule has 0 unspecified atom stereocenters. The van der Waals surface area contributed by atoms with Gasteiger partial charge >= 0.3 is 18.0 Å². The van der Waals surface area contributed by atoms with E-state index in [4.69, 9.17) is 30.9 Å². The van der Waals surface area contributed by atoms with E-state index in [1.807, 2.05) is 0 Å². The summed E-state index contributed by atoms with van der Waals surface area (Å²) in [5, 5.41) is 12.1. The molecule has 1 amide bonds. The maximum Gasteiger partial charge on any atom is 0.410 e. The van der Waals surface area contributed by atoms with Gasteiger partial charge in [0, 0.05) is 17.5 Å². The minimum Gasteiger partial charge on any atom is -0.497 e. The molecular formula is C20H20ClNO7. The number of esters is 1. The number of hydrogen-bond donors (Lipinski definition) is 2. The molecule has 0 aromatic heterocycles. The molecule has 0 spiro atoms. The molecule has 0 aliphatic rings. The molecule has 0 radical (unpaired) electrons. The van der Waals surface area contributed by atoms with Crippen molar-refractivity contribution in [1.29, 1.82) is 0 Å². The van der Waals surface area contributed by atoms with Gasteiger partial charge in [-0.2, -0.15) is 0 Å². The highest BCUT2D eigenvalue weighted by molar-refractivity contribution is 6.30. The molecule has 0 saturated heterocycles. The van der Waals surface area contributed by atoms with E-state index in [1.54, 1.807) is 36.4 Å². The Kier molecular flexibility index (Phi) is 8.29. The van der Waals surface area contributed by atoms with Gasteiger partial charge in [-0.05, 0) is 42.0 Å². The Bertz CT molecular complexity index is 837. The predicted octanol–water partition coefficient (Wildman–Crippen LogP) is 3.45. The number of methoxy groups -OCH3 is 1. The molecule has 0 aliphatic carbocycles. The van der Waals surface area contributed by atoms with E-state index in [2.05, 4.69) is 5.32 Å². The number of rotatable bonds is 9. The number of alkyl carbamates (subject to hydrolysis) is 1. The number of aliphatic carboxylic acids is 1. The number of carboxylic acid groups (broad SMARTS) is 1. The summed E-state index contributed by atoms with van der Waals surface area (Å²) in [4.78, 5) is 34.8. The zero-order valence-corrected chi connectivity index (χ0v) is 16.3. The molecule has 1 atom stereocenters. The van der Waals surface area contributed by atoms with Crippen LogP contribution in [0.1, 0.15) is 28.3 Å². The molecule has 2 N–H and O–H groups in total. The Morgan fingerprint density at radius 2 is 1.69 bits per heavy atom. The van der Waals surface area contributed by atoms with Crippen LogP contribution in [0, 0.1) is 0 Å². The maximum absolute atomic E-state index is 11.9. The van der Waals surface area contributed by atoms with Crippen molar-refractivity contribution < 1.29 is 33.7 Å². The van der Waals surface area contributed by atoms with Crippen LogP contribution in [-0.2, 0) is 14.3 Å². The van der Waals surface area contributed by atoms with Crippen LogP contribution in [0.3, 0.4) is 0 Å². The standard InChI is InChI=1S/C20H20ClNO7/c1-27-17-8-4-14(5-9-17)19(25)28-12-29-20(26)22-11-15(10-18(23)24)13-2-6-16(21)7-3-13/h2-9,15H,10-12H2,1H3,(H,22,26)(H,23,24)/t15-/m0/s1. The molecule has 9 heteroatoms. The lowest BCUT2D eigenvalue weighted by molar-refractivity contribution is -0.137. The minimum absolute atomic E-state index is 0.0270. The molecule has 2 rings (SSSR count). The van der Waals surface area contributed by atoms with Gasteiger partial charge in [0.2, 0.25) is 6.79 Å². The van der Waals surface area contributed by atoms with Crippen LogP contribution in [0.5, 0.6) is 5.75 Å². The number of carboxylic acids is 1. The van der Waals surface area contributed by atoms with Crippen molar-refractivity contribution in [3.8, 4) is 5.75 Å². The van der Waals surface area contributed by atoms with Crippen LogP contribution in [0.4, 0.5) is 4.79 Å². The third-order valence-electron chi connectivity index (χ3n) is 3.96. The first-order valence-corrected chi connectivity index (χ1v) is 8.96. The number of carbonyl (C=O) groups is 3. The number of halogens is 1. The van der Waals surface area contributed by atoms with Crippen molar-refractivity contribution in [1.82, 2.24) is 5.32 Å². The molecular weight excluding hydrogens is 402 g/mol. The van der Waals surface area contributed by atoms with Gasteiger partial charge in [0.1, 0.15) is 5.75 Å². The normalized spacial score (nSPS) is 11.2. The number of ether oxygens (including phenoxy) is 3.